The highest BCUT2D eigenvalue weighted by Crippen LogP contribution is 2.42. The Morgan fingerprint density at radius 3 is 0.461 bits per heavy atom. The minimum absolute atomic E-state index is 0.471. The zero-order valence-corrected chi connectivity index (χ0v) is 62.2. The molecule has 0 radical (unpaired) electrons. The summed E-state index contributed by atoms with van der Waals surface area (Å²) in [6, 6.07) is 0. The average Bonchev–Trinajstić information content (AvgIpc) is 1.04. The van der Waals surface area contributed by atoms with Crippen LogP contribution in [0.4, 0.5) is 0 Å². The molecule has 0 aromatic carbocycles. The van der Waals surface area contributed by atoms with Gasteiger partial charge in [-0.05, 0) is 92.9 Å². The predicted octanol–water partition coefficient (Wildman–Crippen LogP) is 26.4. The van der Waals surface area contributed by atoms with Crippen LogP contribution in [0.3, 0.4) is 0 Å². The Morgan fingerprint density at radius 2 is 0.337 bits per heavy atom. The third-order valence-electron chi connectivity index (χ3n) is 19.1. The lowest BCUT2D eigenvalue weighted by Crippen LogP contribution is -2.54. The molecule has 89 heavy (non-hydrogen) atoms. The monoisotopic (exact) mass is 1280 g/mol. The molecule has 0 saturated carbocycles. The van der Waals surface area contributed by atoms with E-state index in [4.69, 9.17) is 18.9 Å². The van der Waals surface area contributed by atoms with E-state index in [1.165, 1.54) is 296 Å². The highest BCUT2D eigenvalue weighted by Gasteiger charge is 2.58. The number of ether oxygens (including phenoxy) is 4. The Hall–Kier alpha value is -1.77. The van der Waals surface area contributed by atoms with E-state index in [-0.39, 0.29) is 0 Å². The first-order valence-corrected chi connectivity index (χ1v) is 40.6. The van der Waals surface area contributed by atoms with Crippen molar-refractivity contribution in [3.05, 3.63) is 0 Å². The van der Waals surface area contributed by atoms with Crippen LogP contribution in [0.2, 0.25) is 0 Å². The molecule has 0 aliphatic heterocycles. The van der Waals surface area contributed by atoms with Gasteiger partial charge in [-0.3, -0.25) is 0 Å². The molecule has 4 atom stereocenters. The second-order valence-electron chi connectivity index (χ2n) is 28.6. The molecular weight excluding hydrogens is 1120 g/mol. The van der Waals surface area contributed by atoms with E-state index in [1.54, 1.807) is 0 Å². The number of hydrogen-bond acceptors (Lipinski definition) is 9. The van der Waals surface area contributed by atoms with Crippen molar-refractivity contribution < 1.29 is 38.1 Å². The second kappa shape index (κ2) is 63.6. The van der Waals surface area contributed by atoms with Crippen LogP contribution in [0, 0.1) is 0 Å². The molecule has 0 aliphatic carbocycles. The van der Waals surface area contributed by atoms with Crippen molar-refractivity contribution in [1.82, 2.24) is 0 Å². The quantitative estimate of drug-likeness (QED) is 0.0255. The summed E-state index contributed by atoms with van der Waals surface area (Å²) in [7, 11) is 0. The molecule has 0 aromatic rings. The molecule has 0 amide bonds. The highest BCUT2D eigenvalue weighted by molar-refractivity contribution is 8.04. The minimum Gasteiger partial charge on any atom is -0.461 e. The van der Waals surface area contributed by atoms with Crippen molar-refractivity contribution in [3.8, 4) is 0 Å². The lowest BCUT2D eigenvalue weighted by atomic mass is 10.0. The normalized spacial score (nSPS) is 14.4. The smallest absolute Gasteiger partial charge is 0.333 e. The summed E-state index contributed by atoms with van der Waals surface area (Å²) < 4.78 is 20.6. The van der Waals surface area contributed by atoms with Crippen LogP contribution in [0.1, 0.15) is 454 Å². The molecule has 0 rings (SSSR count). The highest BCUT2D eigenvalue weighted by atomic mass is 32.2. The Labute approximate surface area is 559 Å². The molecule has 8 nitrogen and oxygen atoms in total. The van der Waals surface area contributed by atoms with Crippen LogP contribution >= 0.6 is 11.8 Å². The standard InChI is InChI=1S/C80H154O8S/c1-11-15-19-23-27-31-35-39-43-47-51-55-59-63-67-71(5)85-75(81)79(9,76(82)86-72(6)68-64-60-56-52-48-44-40-36-32-28-24-20-16-12-2)89-80(10,77(83)87-73(7)69-65-61-57-53-49-45-41-37-33-29-25-21-17-13-3)78(84)88-74(8)70-66-62-58-54-50-46-42-38-34-30-26-22-18-14-4/h71-74H,11-70H2,1-10H3. The molecule has 0 N–H and O–H groups in total. The summed E-state index contributed by atoms with van der Waals surface area (Å²) >= 11 is 0.690. The molecule has 9 heteroatoms. The van der Waals surface area contributed by atoms with Gasteiger partial charge < -0.3 is 18.9 Å². The summed E-state index contributed by atoms with van der Waals surface area (Å²) in [6.07, 6.45) is 71.5. The van der Waals surface area contributed by atoms with Crippen molar-refractivity contribution in [2.45, 2.75) is 488 Å². The van der Waals surface area contributed by atoms with Gasteiger partial charge in [0.15, 0.2) is 0 Å². The molecule has 0 aromatic heterocycles. The van der Waals surface area contributed by atoms with Gasteiger partial charge in [-0.1, -0.05) is 362 Å². The van der Waals surface area contributed by atoms with Crippen molar-refractivity contribution in [3.63, 3.8) is 0 Å². The molecular formula is C80H154O8S. The van der Waals surface area contributed by atoms with Crippen molar-refractivity contribution in [2.75, 3.05) is 0 Å². The Kier molecular flexibility index (Phi) is 62.3. The maximum absolute atomic E-state index is 14.8. The Bertz CT molecular complexity index is 1350. The zero-order chi connectivity index (χ0) is 65.6. The first kappa shape index (κ1) is 87.2. The van der Waals surface area contributed by atoms with E-state index < -0.39 is 57.8 Å². The average molecular weight is 1280 g/mol. The molecule has 0 saturated heterocycles. The first-order chi connectivity index (χ1) is 43.2. The van der Waals surface area contributed by atoms with Gasteiger partial charge in [-0.15, -0.1) is 11.8 Å². The van der Waals surface area contributed by atoms with Gasteiger partial charge in [0.25, 0.3) is 0 Å². The number of carbonyl (C=O) groups is 4. The molecule has 0 aliphatic rings. The van der Waals surface area contributed by atoms with Crippen LogP contribution in [0.5, 0.6) is 0 Å². The van der Waals surface area contributed by atoms with Crippen LogP contribution in [0.15, 0.2) is 0 Å². The Morgan fingerprint density at radius 1 is 0.225 bits per heavy atom. The number of carbonyl (C=O) groups excluding carboxylic acids is 4. The molecule has 0 fully saturated rings. The van der Waals surface area contributed by atoms with Crippen LogP contribution in [-0.2, 0) is 38.1 Å². The maximum atomic E-state index is 14.8. The third kappa shape index (κ3) is 52.2. The maximum Gasteiger partial charge on any atom is 0.333 e. The van der Waals surface area contributed by atoms with E-state index in [0.717, 1.165) is 77.0 Å². The molecule has 4 unspecified atom stereocenters. The summed E-state index contributed by atoms with van der Waals surface area (Å²) in [5.74, 6) is -3.20. The number of hydrogen-bond donors (Lipinski definition) is 0. The number of rotatable bonds is 70. The number of unbranched alkanes of at least 4 members (excludes halogenated alkanes) is 52. The number of esters is 4. The lowest BCUT2D eigenvalue weighted by Gasteiger charge is -2.35. The zero-order valence-electron chi connectivity index (χ0n) is 61.4. The third-order valence-corrected chi connectivity index (χ3v) is 20.5. The van der Waals surface area contributed by atoms with Gasteiger partial charge in [0.05, 0.1) is 24.4 Å². The van der Waals surface area contributed by atoms with E-state index >= 15 is 0 Å². The summed E-state index contributed by atoms with van der Waals surface area (Å²) in [6.45, 7) is 19.6. The van der Waals surface area contributed by atoms with Crippen LogP contribution < -0.4 is 0 Å². The van der Waals surface area contributed by atoms with Crippen molar-refractivity contribution in [1.29, 1.82) is 0 Å². The van der Waals surface area contributed by atoms with Gasteiger partial charge in [0, 0.05) is 0 Å². The van der Waals surface area contributed by atoms with Gasteiger partial charge in [-0.2, -0.15) is 0 Å². The Balaban J connectivity index is 6.01. The first-order valence-electron chi connectivity index (χ1n) is 39.8. The fourth-order valence-corrected chi connectivity index (χ4v) is 14.0. The summed E-state index contributed by atoms with van der Waals surface area (Å²) in [5.41, 5.74) is 0. The second-order valence-corrected chi connectivity index (χ2v) is 30.4. The van der Waals surface area contributed by atoms with E-state index in [2.05, 4.69) is 27.7 Å². The number of thioether (sulfide) groups is 1. The van der Waals surface area contributed by atoms with Gasteiger partial charge in [0.1, 0.15) is 0 Å². The molecule has 0 heterocycles. The fraction of sp³-hybridized carbons (Fsp3) is 0.950. The largest absolute Gasteiger partial charge is 0.461 e. The molecule has 0 spiro atoms. The van der Waals surface area contributed by atoms with E-state index in [1.807, 2.05) is 27.7 Å². The molecule has 0 bridgehead atoms. The van der Waals surface area contributed by atoms with Gasteiger partial charge >= 0.3 is 23.9 Å². The fourth-order valence-electron chi connectivity index (χ4n) is 12.7. The predicted molar refractivity (Wildman–Crippen MR) is 386 cm³/mol. The molecule has 528 valence electrons. The lowest BCUT2D eigenvalue weighted by molar-refractivity contribution is -0.164. The minimum atomic E-state index is -2.06. The van der Waals surface area contributed by atoms with Crippen LogP contribution in [-0.4, -0.2) is 57.8 Å². The van der Waals surface area contributed by atoms with Crippen LogP contribution in [0.25, 0.3) is 0 Å². The van der Waals surface area contributed by atoms with Gasteiger partial charge in [-0.25, -0.2) is 19.2 Å². The van der Waals surface area contributed by atoms with Gasteiger partial charge in [0.2, 0.25) is 9.49 Å². The summed E-state index contributed by atoms with van der Waals surface area (Å²) in [4.78, 5) is 59.1. The van der Waals surface area contributed by atoms with Crippen molar-refractivity contribution >= 4 is 35.6 Å². The van der Waals surface area contributed by atoms with Crippen molar-refractivity contribution in [2.24, 2.45) is 0 Å². The van der Waals surface area contributed by atoms with E-state index in [9.17, 15) is 19.2 Å². The van der Waals surface area contributed by atoms with E-state index in [0.29, 0.717) is 37.4 Å². The topological polar surface area (TPSA) is 105 Å². The summed E-state index contributed by atoms with van der Waals surface area (Å²) in [5, 5.41) is 0. The SMILES string of the molecule is CCCCCCCCCCCCCCCCC(C)OC(=O)C(C)(SC(C)(C(=O)OC(C)CCCCCCCCCCCCCCCC)C(=O)OC(C)CCCCCCCCCCCCCCCC)C(=O)OC(C)CCCCCCCCCCCCCCCC.